The van der Waals surface area contributed by atoms with Gasteiger partial charge in [-0.2, -0.15) is 0 Å². The normalized spacial score (nSPS) is 15.7. The molecule has 14 heavy (non-hydrogen) atoms. The van der Waals surface area contributed by atoms with E-state index in [2.05, 4.69) is 0 Å². The maximum absolute atomic E-state index is 10.7. The van der Waals surface area contributed by atoms with Gasteiger partial charge in [-0.25, -0.2) is 9.59 Å². The van der Waals surface area contributed by atoms with Crippen LogP contribution in [0.25, 0.3) is 0 Å². The summed E-state index contributed by atoms with van der Waals surface area (Å²) in [6, 6.07) is 0. The van der Waals surface area contributed by atoms with E-state index in [1.165, 1.54) is 11.1 Å². The van der Waals surface area contributed by atoms with Gasteiger partial charge in [-0.1, -0.05) is 12.2 Å². The van der Waals surface area contributed by atoms with Crippen LogP contribution in [-0.4, -0.2) is 33.6 Å². The van der Waals surface area contributed by atoms with Gasteiger partial charge in [0.2, 0.25) is 0 Å². The summed E-state index contributed by atoms with van der Waals surface area (Å²) in [6.45, 7) is 0.363. The van der Waals surface area contributed by atoms with Crippen LogP contribution in [-0.2, 0) is 9.59 Å². The van der Waals surface area contributed by atoms with Crippen LogP contribution in [0.15, 0.2) is 36.2 Å². The first kappa shape index (κ1) is 10.0. The van der Waals surface area contributed by atoms with Gasteiger partial charge in [-0.15, -0.1) is 0 Å². The van der Waals surface area contributed by atoms with Crippen molar-refractivity contribution < 1.29 is 19.8 Å². The zero-order valence-electron chi connectivity index (χ0n) is 7.25. The zero-order chi connectivity index (χ0) is 10.6. The van der Waals surface area contributed by atoms with E-state index in [1.807, 2.05) is 0 Å². The number of hydrogen-bond donors (Lipinski definition) is 2. The molecule has 0 bridgehead atoms. The third-order valence-electron chi connectivity index (χ3n) is 1.60. The molecular weight excluding hydrogens is 186 g/mol. The van der Waals surface area contributed by atoms with Crippen molar-refractivity contribution >= 4 is 11.9 Å². The van der Waals surface area contributed by atoms with Crippen LogP contribution < -0.4 is 0 Å². The van der Waals surface area contributed by atoms with E-state index in [1.54, 1.807) is 18.2 Å². The van der Waals surface area contributed by atoms with Gasteiger partial charge in [-0.05, 0) is 6.08 Å². The van der Waals surface area contributed by atoms with E-state index in [-0.39, 0.29) is 5.70 Å². The Labute approximate surface area is 80.3 Å². The van der Waals surface area contributed by atoms with Crippen LogP contribution in [0, 0.1) is 0 Å². The minimum Gasteiger partial charge on any atom is -0.478 e. The highest BCUT2D eigenvalue weighted by molar-refractivity contribution is 5.94. The molecule has 0 aliphatic carbocycles. The molecule has 0 spiro atoms. The molecule has 0 aromatic heterocycles. The Kier molecular flexibility index (Phi) is 3.06. The van der Waals surface area contributed by atoms with Crippen molar-refractivity contribution in [1.29, 1.82) is 0 Å². The lowest BCUT2D eigenvalue weighted by Gasteiger charge is -2.20. The molecule has 5 nitrogen and oxygen atoms in total. The van der Waals surface area contributed by atoms with Crippen molar-refractivity contribution in [3.8, 4) is 0 Å². The molecule has 1 aliphatic heterocycles. The first-order valence-corrected chi connectivity index (χ1v) is 3.89. The van der Waals surface area contributed by atoms with Crippen LogP contribution in [0.4, 0.5) is 0 Å². The zero-order valence-corrected chi connectivity index (χ0v) is 7.25. The molecule has 0 atom stereocenters. The molecular formula is C9H9NO4. The number of rotatable bonds is 3. The SMILES string of the molecule is O=C(O)/C=C(/C(=O)O)N1C=CC=CC1. The molecule has 0 aromatic carbocycles. The Balaban J connectivity index is 2.89. The van der Waals surface area contributed by atoms with Gasteiger partial charge in [0, 0.05) is 12.7 Å². The topological polar surface area (TPSA) is 77.8 Å². The quantitative estimate of drug-likeness (QED) is 0.638. The van der Waals surface area contributed by atoms with Crippen LogP contribution in [0.3, 0.4) is 0 Å². The number of allylic oxidation sites excluding steroid dienone is 2. The summed E-state index contributed by atoms with van der Waals surface area (Å²) in [5, 5.41) is 17.2. The minimum absolute atomic E-state index is 0.252. The molecule has 0 saturated heterocycles. The van der Waals surface area contributed by atoms with Gasteiger partial charge in [0.15, 0.2) is 0 Å². The van der Waals surface area contributed by atoms with Crippen molar-refractivity contribution in [1.82, 2.24) is 4.90 Å². The van der Waals surface area contributed by atoms with E-state index in [4.69, 9.17) is 10.2 Å². The monoisotopic (exact) mass is 195 g/mol. The molecule has 0 amide bonds. The Bertz CT molecular complexity index is 341. The fourth-order valence-electron chi connectivity index (χ4n) is 1.03. The molecule has 0 fully saturated rings. The van der Waals surface area contributed by atoms with Crippen molar-refractivity contribution in [3.05, 3.63) is 36.2 Å². The van der Waals surface area contributed by atoms with Crippen LogP contribution in [0.1, 0.15) is 0 Å². The van der Waals surface area contributed by atoms with Gasteiger partial charge < -0.3 is 15.1 Å². The summed E-state index contributed by atoms with van der Waals surface area (Å²) < 4.78 is 0. The molecule has 5 heteroatoms. The Morgan fingerprint density at radius 3 is 2.43 bits per heavy atom. The predicted octanol–water partition coefficient (Wildman–Crippen LogP) is 0.425. The minimum atomic E-state index is -1.27. The fraction of sp³-hybridized carbons (Fsp3) is 0.111. The molecule has 74 valence electrons. The number of hydrogen-bond acceptors (Lipinski definition) is 3. The van der Waals surface area contributed by atoms with Crippen LogP contribution in [0.5, 0.6) is 0 Å². The van der Waals surface area contributed by atoms with Crippen molar-refractivity contribution in [2.75, 3.05) is 6.54 Å². The Morgan fingerprint density at radius 1 is 1.29 bits per heavy atom. The smallest absolute Gasteiger partial charge is 0.352 e. The van der Waals surface area contributed by atoms with E-state index in [0.717, 1.165) is 0 Å². The fourth-order valence-corrected chi connectivity index (χ4v) is 1.03. The third-order valence-corrected chi connectivity index (χ3v) is 1.60. The maximum Gasteiger partial charge on any atom is 0.352 e. The molecule has 0 unspecified atom stereocenters. The van der Waals surface area contributed by atoms with Gasteiger partial charge in [-0.3, -0.25) is 0 Å². The number of carbonyl (C=O) groups is 2. The number of nitrogens with zero attached hydrogens (tertiary/aromatic N) is 1. The van der Waals surface area contributed by atoms with Crippen molar-refractivity contribution in [3.63, 3.8) is 0 Å². The summed E-state index contributed by atoms with van der Waals surface area (Å²) in [7, 11) is 0. The second kappa shape index (κ2) is 4.27. The lowest BCUT2D eigenvalue weighted by molar-refractivity contribution is -0.136. The predicted molar refractivity (Wildman–Crippen MR) is 48.3 cm³/mol. The molecule has 1 rings (SSSR count). The van der Waals surface area contributed by atoms with E-state index >= 15 is 0 Å². The first-order valence-electron chi connectivity index (χ1n) is 3.89. The molecule has 0 saturated carbocycles. The van der Waals surface area contributed by atoms with Gasteiger partial charge in [0.25, 0.3) is 0 Å². The summed E-state index contributed by atoms with van der Waals surface area (Å²) in [5.41, 5.74) is -0.252. The second-order valence-corrected chi connectivity index (χ2v) is 2.60. The summed E-state index contributed by atoms with van der Waals surface area (Å²) >= 11 is 0. The molecule has 1 aliphatic rings. The Hall–Kier alpha value is -2.04. The average Bonchev–Trinajstić information content (AvgIpc) is 2.15. The average molecular weight is 195 g/mol. The summed E-state index contributed by atoms with van der Waals surface area (Å²) in [4.78, 5) is 22.4. The Morgan fingerprint density at radius 2 is 2.00 bits per heavy atom. The van der Waals surface area contributed by atoms with Gasteiger partial charge in [0.1, 0.15) is 5.70 Å². The standard InChI is InChI=1S/C9H9NO4/c11-8(12)6-7(9(13)14)10-4-2-1-3-5-10/h1-4,6H,5H2,(H,11,12)(H,13,14)/b7-6-. The number of aliphatic carboxylic acids is 2. The lowest BCUT2D eigenvalue weighted by atomic mass is 10.3. The number of carboxylic acids is 2. The third kappa shape index (κ3) is 2.48. The first-order chi connectivity index (χ1) is 6.61. The van der Waals surface area contributed by atoms with Crippen LogP contribution >= 0.6 is 0 Å². The molecule has 0 aromatic rings. The van der Waals surface area contributed by atoms with Gasteiger partial charge in [0.05, 0.1) is 6.08 Å². The number of carboxylic acid groups (broad SMARTS) is 2. The van der Waals surface area contributed by atoms with E-state index in [9.17, 15) is 9.59 Å². The van der Waals surface area contributed by atoms with E-state index < -0.39 is 11.9 Å². The molecule has 1 heterocycles. The molecule has 2 N–H and O–H groups in total. The highest BCUT2D eigenvalue weighted by Crippen LogP contribution is 2.08. The highest BCUT2D eigenvalue weighted by Gasteiger charge is 2.15. The van der Waals surface area contributed by atoms with Crippen molar-refractivity contribution in [2.24, 2.45) is 0 Å². The maximum atomic E-state index is 10.7. The summed E-state index contributed by atoms with van der Waals surface area (Å²) in [5.74, 6) is -2.53. The summed E-state index contributed by atoms with van der Waals surface area (Å²) in [6.07, 6.45) is 7.33. The van der Waals surface area contributed by atoms with Crippen LogP contribution in [0.2, 0.25) is 0 Å². The lowest BCUT2D eigenvalue weighted by Crippen LogP contribution is -2.24. The molecule has 0 radical (unpaired) electrons. The largest absolute Gasteiger partial charge is 0.478 e. The second-order valence-electron chi connectivity index (χ2n) is 2.60. The van der Waals surface area contributed by atoms with Crippen molar-refractivity contribution in [2.45, 2.75) is 0 Å². The van der Waals surface area contributed by atoms with E-state index in [0.29, 0.717) is 12.6 Å². The highest BCUT2D eigenvalue weighted by atomic mass is 16.4. The van der Waals surface area contributed by atoms with Gasteiger partial charge >= 0.3 is 11.9 Å².